The number of benzene rings is 2. The van der Waals surface area contributed by atoms with Gasteiger partial charge in [0.05, 0.1) is 12.3 Å². The number of unbranched alkanes of at least 4 members (excludes halogenated alkanes) is 1. The summed E-state index contributed by atoms with van der Waals surface area (Å²) >= 11 is 0. The number of amides is 1. The normalized spacial score (nSPS) is 10.7. The average molecular weight is 350 g/mol. The van der Waals surface area contributed by atoms with Crippen LogP contribution in [0.1, 0.15) is 34.6 Å². The van der Waals surface area contributed by atoms with Crippen molar-refractivity contribution in [1.29, 1.82) is 0 Å². The first kappa shape index (κ1) is 17.8. The third-order valence-corrected chi connectivity index (χ3v) is 4.06. The summed E-state index contributed by atoms with van der Waals surface area (Å²) in [5, 5.41) is 20.8. The van der Waals surface area contributed by atoms with Gasteiger partial charge in [0.15, 0.2) is 5.69 Å². The van der Waals surface area contributed by atoms with Crippen LogP contribution < -0.4 is 5.32 Å². The van der Waals surface area contributed by atoms with E-state index in [-0.39, 0.29) is 23.9 Å². The second kappa shape index (κ2) is 8.92. The van der Waals surface area contributed by atoms with Crippen molar-refractivity contribution in [2.45, 2.75) is 25.9 Å². The van der Waals surface area contributed by atoms with Gasteiger partial charge in [-0.3, -0.25) is 4.79 Å². The molecule has 1 heterocycles. The van der Waals surface area contributed by atoms with Crippen molar-refractivity contribution in [3.05, 3.63) is 77.6 Å². The molecule has 1 amide bonds. The highest BCUT2D eigenvalue weighted by molar-refractivity contribution is 5.93. The van der Waals surface area contributed by atoms with Crippen LogP contribution in [0.15, 0.2) is 60.7 Å². The van der Waals surface area contributed by atoms with Crippen LogP contribution in [0.3, 0.4) is 0 Å². The second-order valence-corrected chi connectivity index (χ2v) is 5.98. The van der Waals surface area contributed by atoms with Crippen LogP contribution >= 0.6 is 0 Å². The molecule has 0 saturated carbocycles. The van der Waals surface area contributed by atoms with Crippen LogP contribution in [0, 0.1) is 0 Å². The second-order valence-electron chi connectivity index (χ2n) is 5.98. The molecule has 0 aliphatic rings. The van der Waals surface area contributed by atoms with Crippen molar-refractivity contribution in [2.75, 3.05) is 6.54 Å². The Kier molecular flexibility index (Phi) is 6.11. The molecule has 0 aliphatic carbocycles. The predicted molar refractivity (Wildman–Crippen MR) is 99.0 cm³/mol. The fourth-order valence-electron chi connectivity index (χ4n) is 2.68. The molecule has 0 fully saturated rings. The van der Waals surface area contributed by atoms with Gasteiger partial charge in [-0.05, 0) is 37.0 Å². The Bertz CT molecular complexity index is 832. The summed E-state index contributed by atoms with van der Waals surface area (Å²) in [6.07, 6.45) is 2.86. The maximum absolute atomic E-state index is 12.4. The Hall–Kier alpha value is -2.99. The Morgan fingerprint density at radius 1 is 0.962 bits per heavy atom. The molecule has 26 heavy (non-hydrogen) atoms. The Labute approximate surface area is 152 Å². The number of para-hydroxylation sites is 1. The van der Waals surface area contributed by atoms with E-state index in [1.807, 2.05) is 48.5 Å². The van der Waals surface area contributed by atoms with Gasteiger partial charge in [0.1, 0.15) is 5.69 Å². The molecule has 3 aromatic rings. The van der Waals surface area contributed by atoms with E-state index >= 15 is 0 Å². The summed E-state index contributed by atoms with van der Waals surface area (Å²) in [6.45, 7) is 0.234. The number of aliphatic hydroxyl groups excluding tert-OH is 1. The summed E-state index contributed by atoms with van der Waals surface area (Å²) in [4.78, 5) is 13.7. The Balaban J connectivity index is 1.53. The molecule has 1 aromatic heterocycles. The van der Waals surface area contributed by atoms with E-state index in [9.17, 15) is 9.90 Å². The molecule has 0 aliphatic heterocycles. The number of nitrogens with zero attached hydrogens (tertiary/aromatic N) is 3. The standard InChI is InChI=1S/C20H22N4O2/c25-15-18-19(23-24(22-18)17-12-5-2-6-13-17)20(26)21-14-8-7-11-16-9-3-1-4-10-16/h1-6,9-10,12-13,25H,7-8,11,14-15H2,(H,21,26). The molecule has 0 bridgehead atoms. The monoisotopic (exact) mass is 350 g/mol. The molecular weight excluding hydrogens is 328 g/mol. The molecule has 2 aromatic carbocycles. The summed E-state index contributed by atoms with van der Waals surface area (Å²) in [5.41, 5.74) is 2.48. The number of aryl methyl sites for hydroxylation is 1. The third-order valence-electron chi connectivity index (χ3n) is 4.06. The van der Waals surface area contributed by atoms with E-state index < -0.39 is 0 Å². The first-order chi connectivity index (χ1) is 12.8. The summed E-state index contributed by atoms with van der Waals surface area (Å²) in [7, 11) is 0. The van der Waals surface area contributed by atoms with Crippen molar-refractivity contribution >= 4 is 5.91 Å². The molecule has 0 unspecified atom stereocenters. The summed E-state index contributed by atoms with van der Waals surface area (Å²) < 4.78 is 0. The maximum atomic E-state index is 12.4. The molecule has 134 valence electrons. The molecule has 6 heteroatoms. The molecule has 0 radical (unpaired) electrons. The zero-order valence-electron chi connectivity index (χ0n) is 14.5. The topological polar surface area (TPSA) is 80.0 Å². The van der Waals surface area contributed by atoms with Crippen LogP contribution in [0.4, 0.5) is 0 Å². The molecule has 0 atom stereocenters. The quantitative estimate of drug-likeness (QED) is 0.612. The molecule has 0 saturated heterocycles. The number of carbonyl (C=O) groups is 1. The van der Waals surface area contributed by atoms with Crippen molar-refractivity contribution in [3.8, 4) is 5.69 Å². The minimum atomic E-state index is -0.330. The van der Waals surface area contributed by atoms with E-state index in [0.29, 0.717) is 6.54 Å². The Morgan fingerprint density at radius 2 is 1.65 bits per heavy atom. The van der Waals surface area contributed by atoms with Crippen LogP contribution in [0.5, 0.6) is 0 Å². The number of aromatic nitrogens is 3. The lowest BCUT2D eigenvalue weighted by molar-refractivity contribution is 0.0944. The van der Waals surface area contributed by atoms with Crippen LogP contribution in [-0.4, -0.2) is 32.6 Å². The van der Waals surface area contributed by atoms with Gasteiger partial charge in [0.25, 0.3) is 5.91 Å². The van der Waals surface area contributed by atoms with Gasteiger partial charge in [-0.25, -0.2) is 0 Å². The van der Waals surface area contributed by atoms with Gasteiger partial charge in [0.2, 0.25) is 0 Å². The smallest absolute Gasteiger partial charge is 0.273 e. The number of aliphatic hydroxyl groups is 1. The largest absolute Gasteiger partial charge is 0.390 e. The van der Waals surface area contributed by atoms with Crippen molar-refractivity contribution < 1.29 is 9.90 Å². The lowest BCUT2D eigenvalue weighted by Crippen LogP contribution is -2.26. The van der Waals surface area contributed by atoms with Crippen molar-refractivity contribution in [3.63, 3.8) is 0 Å². The number of hydrogen-bond acceptors (Lipinski definition) is 4. The number of rotatable bonds is 8. The lowest BCUT2D eigenvalue weighted by atomic mass is 10.1. The predicted octanol–water partition coefficient (Wildman–Crippen LogP) is 2.51. The first-order valence-electron chi connectivity index (χ1n) is 8.72. The number of nitrogens with one attached hydrogen (secondary N) is 1. The molecule has 2 N–H and O–H groups in total. The van der Waals surface area contributed by atoms with Crippen molar-refractivity contribution in [1.82, 2.24) is 20.3 Å². The minimum Gasteiger partial charge on any atom is -0.390 e. The highest BCUT2D eigenvalue weighted by Crippen LogP contribution is 2.09. The van der Waals surface area contributed by atoms with Gasteiger partial charge < -0.3 is 10.4 Å². The summed E-state index contributed by atoms with van der Waals surface area (Å²) in [5.74, 6) is -0.309. The van der Waals surface area contributed by atoms with Crippen LogP contribution in [0.2, 0.25) is 0 Å². The van der Waals surface area contributed by atoms with Crippen LogP contribution in [-0.2, 0) is 13.0 Å². The zero-order valence-corrected chi connectivity index (χ0v) is 14.5. The van der Waals surface area contributed by atoms with Crippen molar-refractivity contribution in [2.24, 2.45) is 0 Å². The van der Waals surface area contributed by atoms with Gasteiger partial charge in [-0.15, -0.1) is 10.2 Å². The fourth-order valence-corrected chi connectivity index (χ4v) is 2.68. The van der Waals surface area contributed by atoms with Gasteiger partial charge >= 0.3 is 0 Å². The van der Waals surface area contributed by atoms with E-state index in [0.717, 1.165) is 24.9 Å². The van der Waals surface area contributed by atoms with Gasteiger partial charge in [-0.2, -0.15) is 4.80 Å². The molecule has 6 nitrogen and oxygen atoms in total. The average Bonchev–Trinajstić information content (AvgIpc) is 3.14. The highest BCUT2D eigenvalue weighted by Gasteiger charge is 2.18. The molecule has 0 spiro atoms. The lowest BCUT2D eigenvalue weighted by Gasteiger charge is -2.04. The van der Waals surface area contributed by atoms with E-state index in [4.69, 9.17) is 0 Å². The number of carbonyl (C=O) groups excluding carboxylic acids is 1. The van der Waals surface area contributed by atoms with E-state index in [2.05, 4.69) is 27.6 Å². The number of hydrogen-bond donors (Lipinski definition) is 2. The third kappa shape index (κ3) is 4.55. The molecule has 3 rings (SSSR count). The fraction of sp³-hybridized carbons (Fsp3) is 0.250. The van der Waals surface area contributed by atoms with Gasteiger partial charge in [-0.1, -0.05) is 48.5 Å². The maximum Gasteiger partial charge on any atom is 0.273 e. The summed E-state index contributed by atoms with van der Waals surface area (Å²) in [6, 6.07) is 19.6. The van der Waals surface area contributed by atoms with E-state index in [1.165, 1.54) is 10.4 Å². The van der Waals surface area contributed by atoms with Gasteiger partial charge in [0, 0.05) is 6.54 Å². The zero-order chi connectivity index (χ0) is 18.2. The Morgan fingerprint density at radius 3 is 2.35 bits per heavy atom. The SMILES string of the molecule is O=C(NCCCCc1ccccc1)c1nn(-c2ccccc2)nc1CO. The first-order valence-corrected chi connectivity index (χ1v) is 8.72. The minimum absolute atomic E-state index is 0.166. The van der Waals surface area contributed by atoms with Crippen LogP contribution in [0.25, 0.3) is 5.69 Å². The highest BCUT2D eigenvalue weighted by atomic mass is 16.3. The molecular formula is C20H22N4O2. The van der Waals surface area contributed by atoms with E-state index in [1.54, 1.807) is 0 Å².